The fourth-order valence-corrected chi connectivity index (χ4v) is 3.72. The van der Waals surface area contributed by atoms with E-state index >= 15 is 0 Å². The Bertz CT molecular complexity index is 711. The molecule has 0 saturated carbocycles. The van der Waals surface area contributed by atoms with E-state index in [0.29, 0.717) is 26.1 Å². The summed E-state index contributed by atoms with van der Waals surface area (Å²) in [5.41, 5.74) is 0.757. The first-order valence-electron chi connectivity index (χ1n) is 8.88. The monoisotopic (exact) mass is 409 g/mol. The first kappa shape index (κ1) is 24.0. The Balaban J connectivity index is 2.52. The Hall–Kier alpha value is -2.09. The Morgan fingerprint density at radius 2 is 1.86 bits per heavy atom. The molecular weight excluding hydrogens is 384 g/mol. The number of aliphatic imine (C=N–C) groups is 1. The number of nitrogens with zero attached hydrogens (tertiary/aromatic N) is 1. The Kier molecular flexibility index (Phi) is 11.3. The number of allylic oxidation sites excluding steroid dienone is 1. The van der Waals surface area contributed by atoms with Crippen molar-refractivity contribution in [3.8, 4) is 5.75 Å². The Morgan fingerprint density at radius 3 is 2.39 bits per heavy atom. The molecule has 1 aromatic rings. The molecular formula is C18H25BNO7P. The van der Waals surface area contributed by atoms with Crippen molar-refractivity contribution >= 4 is 26.8 Å². The Morgan fingerprint density at radius 1 is 1.21 bits per heavy atom. The van der Waals surface area contributed by atoms with Gasteiger partial charge in [0, 0.05) is 0 Å². The molecule has 1 unspecified atom stereocenters. The molecule has 0 aliphatic heterocycles. The number of carboxylic acids is 1. The van der Waals surface area contributed by atoms with Crippen LogP contribution in [-0.2, 0) is 29.5 Å². The third-order valence-corrected chi connectivity index (χ3v) is 5.42. The van der Waals surface area contributed by atoms with E-state index in [1.54, 1.807) is 50.3 Å². The van der Waals surface area contributed by atoms with Crippen LogP contribution in [0.2, 0.25) is 0 Å². The zero-order valence-electron chi connectivity index (χ0n) is 16.0. The van der Waals surface area contributed by atoms with Crippen molar-refractivity contribution in [3.63, 3.8) is 0 Å². The number of benzene rings is 1. The second-order valence-electron chi connectivity index (χ2n) is 5.55. The minimum absolute atomic E-state index is 0.171. The van der Waals surface area contributed by atoms with Crippen molar-refractivity contribution < 1.29 is 33.0 Å². The molecule has 0 amide bonds. The summed E-state index contributed by atoms with van der Waals surface area (Å²) in [6, 6.07) is 5.91. The zero-order chi connectivity index (χ0) is 20.8. The fraction of sp³-hybridized carbons (Fsp3) is 0.444. The topological polar surface area (TPSA) is 111 Å². The molecule has 0 bridgehead atoms. The molecule has 28 heavy (non-hydrogen) atoms. The molecule has 0 aromatic heterocycles. The average Bonchev–Trinajstić information content (AvgIpc) is 2.66. The van der Waals surface area contributed by atoms with Crippen molar-refractivity contribution in [2.75, 3.05) is 26.0 Å². The molecule has 0 aliphatic rings. The minimum atomic E-state index is -3.09. The van der Waals surface area contributed by atoms with Crippen LogP contribution in [0.4, 0.5) is 0 Å². The van der Waals surface area contributed by atoms with E-state index in [0.717, 1.165) is 11.7 Å². The predicted octanol–water partition coefficient (Wildman–Crippen LogP) is 2.96. The second kappa shape index (κ2) is 13.2. The summed E-state index contributed by atoms with van der Waals surface area (Å²) >= 11 is 0. The molecule has 8 nitrogen and oxygen atoms in total. The van der Waals surface area contributed by atoms with Gasteiger partial charge in [-0.1, -0.05) is 0 Å². The van der Waals surface area contributed by atoms with Crippen molar-refractivity contribution in [2.45, 2.75) is 26.3 Å². The quantitative estimate of drug-likeness (QED) is 0.218. The molecule has 10 heteroatoms. The zero-order valence-corrected chi connectivity index (χ0v) is 16.9. The molecule has 1 N–H and O–H groups in total. The van der Waals surface area contributed by atoms with Gasteiger partial charge in [0.15, 0.2) is 0 Å². The van der Waals surface area contributed by atoms with Crippen molar-refractivity contribution in [1.29, 1.82) is 0 Å². The largest absolute Gasteiger partial charge is 0.309 e. The van der Waals surface area contributed by atoms with Gasteiger partial charge in [-0.05, 0) is 13.8 Å². The summed E-state index contributed by atoms with van der Waals surface area (Å²) in [6.07, 6.45) is 4.72. The van der Waals surface area contributed by atoms with E-state index in [-0.39, 0.29) is 19.2 Å². The number of rotatable bonds is 14. The van der Waals surface area contributed by atoms with Gasteiger partial charge in [-0.3, -0.25) is 4.57 Å². The molecule has 152 valence electrons. The SMILES string of the molecule is CCOP(=O)(C/C=C/COc1ccc(CC(N=CB=O)C(=O)O)cc1)OCC. The number of ether oxygens (including phenoxy) is 1. The van der Waals surface area contributed by atoms with Crippen LogP contribution in [0, 0.1) is 0 Å². The molecule has 1 atom stereocenters. The summed E-state index contributed by atoms with van der Waals surface area (Å²) in [5.74, 6) is -0.491. The van der Waals surface area contributed by atoms with Crippen LogP contribution in [0.1, 0.15) is 19.4 Å². The van der Waals surface area contributed by atoms with E-state index in [1.807, 2.05) is 0 Å². The molecule has 0 heterocycles. The van der Waals surface area contributed by atoms with Crippen LogP contribution >= 0.6 is 7.60 Å². The maximum Gasteiger partial charge on any atom is 0.0534 e. The first-order valence-corrected chi connectivity index (χ1v) is 10.6. The van der Waals surface area contributed by atoms with Gasteiger partial charge in [-0.2, -0.15) is 0 Å². The summed E-state index contributed by atoms with van der Waals surface area (Å²) in [5, 5.41) is 9.11. The van der Waals surface area contributed by atoms with Gasteiger partial charge in [-0.25, -0.2) is 0 Å². The summed E-state index contributed by atoms with van der Waals surface area (Å²) in [4.78, 5) is 14.8. The van der Waals surface area contributed by atoms with Crippen LogP contribution in [-0.4, -0.2) is 56.4 Å². The molecule has 1 rings (SSSR count). The van der Waals surface area contributed by atoms with E-state index in [9.17, 15) is 14.1 Å². The van der Waals surface area contributed by atoms with Crippen molar-refractivity contribution in [3.05, 3.63) is 42.0 Å². The minimum Gasteiger partial charge on any atom is -0.309 e. The maximum absolute atomic E-state index is 12.3. The Labute approximate surface area is 165 Å². The number of carbonyl (C=O) groups is 1. The third-order valence-electron chi connectivity index (χ3n) is 3.46. The van der Waals surface area contributed by atoms with Gasteiger partial charge in [0.05, 0.1) is 19.4 Å². The van der Waals surface area contributed by atoms with Gasteiger partial charge in [0.1, 0.15) is 0 Å². The third kappa shape index (κ3) is 9.22. The van der Waals surface area contributed by atoms with Crippen LogP contribution in [0.25, 0.3) is 0 Å². The number of carboxylic acid groups (broad SMARTS) is 1. The fourth-order valence-electron chi connectivity index (χ4n) is 2.24. The first-order chi connectivity index (χ1) is 13.4. The van der Waals surface area contributed by atoms with Crippen LogP contribution in [0.15, 0.2) is 41.4 Å². The molecule has 0 saturated heterocycles. The predicted molar refractivity (Wildman–Crippen MR) is 107 cm³/mol. The van der Waals surface area contributed by atoms with E-state index < -0.39 is 19.6 Å². The summed E-state index contributed by atoms with van der Waals surface area (Å²) in [7, 11) is -2.65. The van der Waals surface area contributed by atoms with Gasteiger partial charge in [0.2, 0.25) is 0 Å². The van der Waals surface area contributed by atoms with Gasteiger partial charge < -0.3 is 9.05 Å². The van der Waals surface area contributed by atoms with Gasteiger partial charge >= 0.3 is 118 Å². The van der Waals surface area contributed by atoms with Crippen molar-refractivity contribution in [1.82, 2.24) is 0 Å². The van der Waals surface area contributed by atoms with Gasteiger partial charge in [0.25, 0.3) is 0 Å². The van der Waals surface area contributed by atoms with E-state index in [1.165, 1.54) is 0 Å². The van der Waals surface area contributed by atoms with Crippen LogP contribution in [0.5, 0.6) is 5.75 Å². The smallest absolute Gasteiger partial charge is 0.0534 e. The van der Waals surface area contributed by atoms with Crippen molar-refractivity contribution in [2.24, 2.45) is 4.99 Å². The second-order valence-corrected chi connectivity index (χ2v) is 7.65. The number of aliphatic carboxylic acids is 1. The summed E-state index contributed by atoms with van der Waals surface area (Å²) < 4.78 is 38.5. The molecule has 1 aromatic carbocycles. The number of hydrogen-bond acceptors (Lipinski definition) is 7. The molecule has 0 aliphatic carbocycles. The van der Waals surface area contributed by atoms with E-state index in [4.69, 9.17) is 18.9 Å². The molecule has 0 spiro atoms. The van der Waals surface area contributed by atoms with Gasteiger partial charge in [-0.15, -0.1) is 0 Å². The maximum atomic E-state index is 12.3. The number of hydrogen-bond donors (Lipinski definition) is 1. The van der Waals surface area contributed by atoms with Crippen LogP contribution < -0.4 is 4.74 Å². The van der Waals surface area contributed by atoms with Crippen LogP contribution in [0.3, 0.4) is 0 Å². The average molecular weight is 409 g/mol. The molecule has 0 fully saturated rings. The van der Waals surface area contributed by atoms with E-state index in [2.05, 4.69) is 4.99 Å². The normalized spacial score (nSPS) is 12.9. The summed E-state index contributed by atoms with van der Waals surface area (Å²) in [6.45, 7) is 4.43. The molecule has 0 radical (unpaired) electrons. The standard InChI is InChI=1S/C18H25BNO7P/c1-3-26-28(24,27-4-2)12-6-5-11-25-16-9-7-15(8-10-16)13-17(18(21)22)20-14-19-23/h5-10,14,17H,3-4,11-13H2,1-2H3,(H,21,22)/b6-5+,20-14?.